The minimum Gasteiger partial charge on any atom is -0.480 e. The fourth-order valence-electron chi connectivity index (χ4n) is 5.07. The molecule has 206 valence electrons. The van der Waals surface area contributed by atoms with Gasteiger partial charge in [-0.2, -0.15) is 4.31 Å². The molecule has 0 radical (unpaired) electrons. The Hall–Kier alpha value is -4.28. The molecule has 5 rings (SSSR count). The maximum absolute atomic E-state index is 13.9. The van der Waals surface area contributed by atoms with E-state index in [0.29, 0.717) is 16.3 Å². The Morgan fingerprint density at radius 1 is 0.800 bits per heavy atom. The van der Waals surface area contributed by atoms with Crippen molar-refractivity contribution >= 4 is 49.4 Å². The van der Waals surface area contributed by atoms with Gasteiger partial charge in [0, 0.05) is 48.9 Å². The second kappa shape index (κ2) is 11.4. The van der Waals surface area contributed by atoms with Crippen molar-refractivity contribution in [2.24, 2.45) is 0 Å². The number of piperazine rings is 1. The number of benzene rings is 4. The average molecular weight is 560 g/mol. The lowest BCUT2D eigenvalue weighted by molar-refractivity contribution is -0.139. The van der Waals surface area contributed by atoms with Crippen LogP contribution >= 0.6 is 0 Å². The van der Waals surface area contributed by atoms with Gasteiger partial charge < -0.3 is 15.3 Å². The van der Waals surface area contributed by atoms with Crippen LogP contribution in [0.5, 0.6) is 0 Å². The van der Waals surface area contributed by atoms with Crippen LogP contribution in [-0.4, -0.2) is 72.7 Å². The van der Waals surface area contributed by atoms with Crippen LogP contribution in [0.15, 0.2) is 89.8 Å². The summed E-state index contributed by atoms with van der Waals surface area (Å²) in [6, 6.07) is 23.8. The van der Waals surface area contributed by atoms with Gasteiger partial charge in [0.25, 0.3) is 5.91 Å². The van der Waals surface area contributed by atoms with Crippen LogP contribution in [0.1, 0.15) is 23.2 Å². The molecular formula is C30H29N3O6S. The van der Waals surface area contributed by atoms with E-state index in [1.807, 2.05) is 54.6 Å². The smallest absolute Gasteiger partial charge is 0.326 e. The number of hydrogen-bond donors (Lipinski definition) is 2. The first-order valence-corrected chi connectivity index (χ1v) is 14.5. The molecule has 0 aliphatic carbocycles. The Morgan fingerprint density at radius 2 is 1.35 bits per heavy atom. The number of carboxylic acid groups (broad SMARTS) is 1. The molecule has 0 bridgehead atoms. The average Bonchev–Trinajstić information content (AvgIpc) is 2.97. The van der Waals surface area contributed by atoms with Crippen molar-refractivity contribution in [1.82, 2.24) is 14.5 Å². The molecule has 1 fully saturated rings. The summed E-state index contributed by atoms with van der Waals surface area (Å²) in [5.41, 5.74) is 0.330. The largest absolute Gasteiger partial charge is 0.480 e. The van der Waals surface area contributed by atoms with E-state index in [1.54, 1.807) is 35.2 Å². The molecule has 0 aromatic heterocycles. The quantitative estimate of drug-likeness (QED) is 0.319. The molecule has 1 aliphatic heterocycles. The molecule has 2 N–H and O–H groups in total. The molecule has 1 aliphatic rings. The van der Waals surface area contributed by atoms with Crippen molar-refractivity contribution in [2.45, 2.75) is 23.8 Å². The summed E-state index contributed by atoms with van der Waals surface area (Å²) < 4.78 is 29.2. The molecule has 1 heterocycles. The minimum atomic E-state index is -3.87. The van der Waals surface area contributed by atoms with E-state index < -0.39 is 27.9 Å². The summed E-state index contributed by atoms with van der Waals surface area (Å²) in [6.45, 7) is 0.626. The van der Waals surface area contributed by atoms with Crippen LogP contribution in [0.25, 0.3) is 21.5 Å². The van der Waals surface area contributed by atoms with Gasteiger partial charge in [0.15, 0.2) is 0 Å². The predicted molar refractivity (Wildman–Crippen MR) is 151 cm³/mol. The highest BCUT2D eigenvalue weighted by molar-refractivity contribution is 7.89. The maximum Gasteiger partial charge on any atom is 0.326 e. The lowest BCUT2D eigenvalue weighted by atomic mass is 10.0. The lowest BCUT2D eigenvalue weighted by Gasteiger charge is -2.34. The summed E-state index contributed by atoms with van der Waals surface area (Å²) in [5.74, 6) is -2.04. The van der Waals surface area contributed by atoms with Crippen LogP contribution in [0.3, 0.4) is 0 Å². The topological polar surface area (TPSA) is 124 Å². The highest BCUT2D eigenvalue weighted by Crippen LogP contribution is 2.34. The molecule has 4 aromatic carbocycles. The first kappa shape index (κ1) is 27.3. The molecule has 1 atom stereocenters. The van der Waals surface area contributed by atoms with Gasteiger partial charge in [0.1, 0.15) is 6.04 Å². The van der Waals surface area contributed by atoms with E-state index in [-0.39, 0.29) is 49.8 Å². The second-order valence-corrected chi connectivity index (χ2v) is 11.6. The van der Waals surface area contributed by atoms with Gasteiger partial charge >= 0.3 is 5.97 Å². The van der Waals surface area contributed by atoms with Crippen LogP contribution in [0, 0.1) is 0 Å². The number of carbonyl (C=O) groups excluding carboxylic acids is 2. The van der Waals surface area contributed by atoms with Crippen LogP contribution < -0.4 is 5.32 Å². The van der Waals surface area contributed by atoms with Gasteiger partial charge in [-0.1, -0.05) is 66.7 Å². The first-order valence-electron chi connectivity index (χ1n) is 13.0. The summed E-state index contributed by atoms with van der Waals surface area (Å²) in [4.78, 5) is 38.8. The molecule has 4 aromatic rings. The highest BCUT2D eigenvalue weighted by Gasteiger charge is 2.33. The molecule has 1 saturated heterocycles. The van der Waals surface area contributed by atoms with Gasteiger partial charge in [0.2, 0.25) is 15.9 Å². The van der Waals surface area contributed by atoms with Crippen molar-refractivity contribution in [2.75, 3.05) is 26.2 Å². The Labute approximate surface area is 232 Å². The van der Waals surface area contributed by atoms with Gasteiger partial charge in [-0.25, -0.2) is 13.2 Å². The number of nitrogens with zero attached hydrogens (tertiary/aromatic N) is 2. The van der Waals surface area contributed by atoms with E-state index in [2.05, 4.69) is 5.32 Å². The van der Waals surface area contributed by atoms with Crippen LogP contribution in [-0.2, 0) is 19.6 Å². The van der Waals surface area contributed by atoms with Crippen molar-refractivity contribution in [3.8, 4) is 0 Å². The number of aliphatic carboxylic acids is 1. The third-order valence-electron chi connectivity index (χ3n) is 7.20. The van der Waals surface area contributed by atoms with Gasteiger partial charge in [-0.05, 0) is 35.4 Å². The van der Waals surface area contributed by atoms with Crippen molar-refractivity contribution in [3.63, 3.8) is 0 Å². The zero-order chi connectivity index (χ0) is 28.3. The minimum absolute atomic E-state index is 0.0761. The molecule has 10 heteroatoms. The van der Waals surface area contributed by atoms with Crippen molar-refractivity contribution in [3.05, 3.63) is 90.5 Å². The predicted octanol–water partition coefficient (Wildman–Crippen LogP) is 3.49. The normalized spacial score (nSPS) is 15.2. The van der Waals surface area contributed by atoms with E-state index in [9.17, 15) is 27.9 Å². The summed E-state index contributed by atoms with van der Waals surface area (Å²) >= 11 is 0. The number of amides is 2. The molecule has 0 spiro atoms. The first-order chi connectivity index (χ1) is 19.3. The van der Waals surface area contributed by atoms with Gasteiger partial charge in [-0.3, -0.25) is 9.59 Å². The molecule has 40 heavy (non-hydrogen) atoms. The third-order valence-corrected chi connectivity index (χ3v) is 9.20. The monoisotopic (exact) mass is 559 g/mol. The molecule has 9 nitrogen and oxygen atoms in total. The van der Waals surface area contributed by atoms with E-state index >= 15 is 0 Å². The van der Waals surface area contributed by atoms with Crippen LogP contribution in [0.2, 0.25) is 0 Å². The number of hydrogen-bond acceptors (Lipinski definition) is 5. The Bertz CT molecular complexity index is 1630. The standard InChI is InChI=1S/C30H29N3O6S/c34-27(15-14-26(30(36)37)31-29(35)21-8-2-1-3-9-21)32-16-18-33(19-17-32)40(38,39)28-24-12-6-4-10-22(24)20-23-11-5-7-13-25(23)28/h1-13,20,26H,14-19H2,(H,31,35)(H,36,37)/t26-/m0/s1. The molecule has 2 amide bonds. The van der Waals surface area contributed by atoms with Crippen molar-refractivity contribution < 1.29 is 27.9 Å². The Balaban J connectivity index is 1.25. The fourth-order valence-corrected chi connectivity index (χ4v) is 6.90. The number of nitrogens with one attached hydrogen (secondary N) is 1. The second-order valence-electron chi connectivity index (χ2n) is 9.70. The summed E-state index contributed by atoms with van der Waals surface area (Å²) in [7, 11) is -3.87. The molecule has 0 saturated carbocycles. The third kappa shape index (κ3) is 5.54. The number of sulfonamides is 1. The summed E-state index contributed by atoms with van der Waals surface area (Å²) in [5, 5.41) is 15.0. The number of carbonyl (C=O) groups is 3. The van der Waals surface area contributed by atoms with Crippen molar-refractivity contribution in [1.29, 1.82) is 0 Å². The zero-order valence-electron chi connectivity index (χ0n) is 21.7. The molecular weight excluding hydrogens is 530 g/mol. The zero-order valence-corrected chi connectivity index (χ0v) is 22.5. The fraction of sp³-hybridized carbons (Fsp3) is 0.233. The Morgan fingerprint density at radius 3 is 1.93 bits per heavy atom. The van der Waals surface area contributed by atoms with Gasteiger partial charge in [0.05, 0.1) is 4.90 Å². The summed E-state index contributed by atoms with van der Waals surface area (Å²) in [6.07, 6.45) is -0.167. The lowest BCUT2D eigenvalue weighted by Crippen LogP contribution is -2.51. The Kier molecular flexibility index (Phi) is 7.81. The van der Waals surface area contributed by atoms with E-state index in [1.165, 1.54) is 4.31 Å². The number of carboxylic acids is 1. The van der Waals surface area contributed by atoms with E-state index in [0.717, 1.165) is 10.8 Å². The van der Waals surface area contributed by atoms with Crippen LogP contribution in [0.4, 0.5) is 0 Å². The van der Waals surface area contributed by atoms with Gasteiger partial charge in [-0.15, -0.1) is 0 Å². The highest BCUT2D eigenvalue weighted by atomic mass is 32.2. The number of fused-ring (bicyclic) bond motifs is 2. The maximum atomic E-state index is 13.9. The number of rotatable bonds is 8. The molecule has 0 unspecified atom stereocenters. The SMILES string of the molecule is O=C(N[C@@H](CCC(=O)N1CCN(S(=O)(=O)c2c3ccccc3cc3ccccc23)CC1)C(=O)O)c1ccccc1. The van der Waals surface area contributed by atoms with E-state index in [4.69, 9.17) is 0 Å².